The SMILES string of the molecule is CCc1nc(Br)cc(NC(C)C2CCOCC2)n1. The smallest absolute Gasteiger partial charge is 0.131 e. The van der Waals surface area contributed by atoms with Crippen LogP contribution in [0.5, 0.6) is 0 Å². The second-order valence-electron chi connectivity index (χ2n) is 4.73. The molecule has 0 aliphatic carbocycles. The van der Waals surface area contributed by atoms with Crippen LogP contribution < -0.4 is 5.32 Å². The van der Waals surface area contributed by atoms with E-state index in [4.69, 9.17) is 4.74 Å². The lowest BCUT2D eigenvalue weighted by atomic mass is 9.93. The van der Waals surface area contributed by atoms with Gasteiger partial charge in [0.05, 0.1) is 0 Å². The number of nitrogens with zero attached hydrogens (tertiary/aromatic N) is 2. The zero-order valence-corrected chi connectivity index (χ0v) is 12.5. The quantitative estimate of drug-likeness (QED) is 0.868. The molecule has 100 valence electrons. The summed E-state index contributed by atoms with van der Waals surface area (Å²) < 4.78 is 6.24. The first-order valence-corrected chi connectivity index (χ1v) is 7.36. The molecule has 0 aromatic carbocycles. The zero-order valence-electron chi connectivity index (χ0n) is 10.9. The standard InChI is InChI=1S/C13H20BrN3O/c1-3-12-16-11(14)8-13(17-12)15-9(2)10-4-6-18-7-5-10/h8-10H,3-7H2,1-2H3,(H,15,16,17). The topological polar surface area (TPSA) is 47.0 Å². The normalized spacial score (nSPS) is 18.6. The zero-order chi connectivity index (χ0) is 13.0. The first-order chi connectivity index (χ1) is 8.69. The van der Waals surface area contributed by atoms with Gasteiger partial charge in [-0.2, -0.15) is 0 Å². The van der Waals surface area contributed by atoms with Crippen LogP contribution in [0, 0.1) is 5.92 Å². The van der Waals surface area contributed by atoms with Crippen LogP contribution in [0.2, 0.25) is 0 Å². The van der Waals surface area contributed by atoms with Crippen LogP contribution in [0.4, 0.5) is 5.82 Å². The van der Waals surface area contributed by atoms with Gasteiger partial charge in [0.15, 0.2) is 0 Å². The van der Waals surface area contributed by atoms with Gasteiger partial charge in [-0.25, -0.2) is 9.97 Å². The van der Waals surface area contributed by atoms with Crippen molar-refractivity contribution in [2.45, 2.75) is 39.2 Å². The molecule has 0 spiro atoms. The Labute approximate surface area is 117 Å². The third kappa shape index (κ3) is 3.65. The summed E-state index contributed by atoms with van der Waals surface area (Å²) in [6.45, 7) is 6.04. The van der Waals surface area contributed by atoms with E-state index >= 15 is 0 Å². The van der Waals surface area contributed by atoms with Crippen molar-refractivity contribution in [2.75, 3.05) is 18.5 Å². The van der Waals surface area contributed by atoms with Crippen molar-refractivity contribution >= 4 is 21.7 Å². The second kappa shape index (κ2) is 6.48. The first-order valence-electron chi connectivity index (χ1n) is 6.56. The summed E-state index contributed by atoms with van der Waals surface area (Å²) in [5, 5.41) is 3.49. The van der Waals surface area contributed by atoms with Gasteiger partial charge in [0.1, 0.15) is 16.2 Å². The molecule has 0 bridgehead atoms. The number of ether oxygens (including phenoxy) is 1. The largest absolute Gasteiger partial charge is 0.381 e. The van der Waals surface area contributed by atoms with Crippen molar-refractivity contribution in [3.63, 3.8) is 0 Å². The fraction of sp³-hybridized carbons (Fsp3) is 0.692. The monoisotopic (exact) mass is 313 g/mol. The molecule has 1 aromatic rings. The molecule has 2 rings (SSSR count). The Morgan fingerprint density at radius 2 is 2.17 bits per heavy atom. The maximum Gasteiger partial charge on any atom is 0.131 e. The van der Waals surface area contributed by atoms with E-state index in [1.807, 2.05) is 6.07 Å². The lowest BCUT2D eigenvalue weighted by Crippen LogP contribution is -2.31. The third-order valence-corrected chi connectivity index (χ3v) is 3.81. The van der Waals surface area contributed by atoms with Crippen molar-refractivity contribution in [1.29, 1.82) is 0 Å². The van der Waals surface area contributed by atoms with Crippen LogP contribution in [0.15, 0.2) is 10.7 Å². The van der Waals surface area contributed by atoms with Gasteiger partial charge >= 0.3 is 0 Å². The molecule has 1 unspecified atom stereocenters. The van der Waals surface area contributed by atoms with E-state index in [9.17, 15) is 0 Å². The molecular weight excluding hydrogens is 294 g/mol. The van der Waals surface area contributed by atoms with E-state index in [0.717, 1.165) is 48.7 Å². The molecule has 1 saturated heterocycles. The van der Waals surface area contributed by atoms with E-state index < -0.39 is 0 Å². The molecule has 1 fully saturated rings. The third-order valence-electron chi connectivity index (χ3n) is 3.41. The van der Waals surface area contributed by atoms with Gasteiger partial charge in [-0.3, -0.25) is 0 Å². The Morgan fingerprint density at radius 3 is 2.83 bits per heavy atom. The molecule has 5 heteroatoms. The summed E-state index contributed by atoms with van der Waals surface area (Å²) in [6.07, 6.45) is 3.10. The maximum atomic E-state index is 5.39. The molecule has 1 atom stereocenters. The Morgan fingerprint density at radius 1 is 1.44 bits per heavy atom. The van der Waals surface area contributed by atoms with Crippen LogP contribution >= 0.6 is 15.9 Å². The number of rotatable bonds is 4. The molecule has 1 aliphatic heterocycles. The number of aromatic nitrogens is 2. The fourth-order valence-corrected chi connectivity index (χ4v) is 2.69. The van der Waals surface area contributed by atoms with Crippen molar-refractivity contribution in [3.8, 4) is 0 Å². The predicted molar refractivity (Wildman–Crippen MR) is 75.7 cm³/mol. The van der Waals surface area contributed by atoms with Crippen molar-refractivity contribution < 1.29 is 4.74 Å². The number of anilines is 1. The highest BCUT2D eigenvalue weighted by molar-refractivity contribution is 9.10. The molecule has 0 radical (unpaired) electrons. The lowest BCUT2D eigenvalue weighted by Gasteiger charge is -2.28. The molecule has 18 heavy (non-hydrogen) atoms. The fourth-order valence-electron chi connectivity index (χ4n) is 2.26. The number of hydrogen-bond acceptors (Lipinski definition) is 4. The van der Waals surface area contributed by atoms with E-state index in [0.29, 0.717) is 12.0 Å². The minimum absolute atomic E-state index is 0.417. The number of hydrogen-bond donors (Lipinski definition) is 1. The molecular formula is C13H20BrN3O. The van der Waals surface area contributed by atoms with Crippen LogP contribution in [-0.2, 0) is 11.2 Å². The van der Waals surface area contributed by atoms with Gasteiger partial charge in [-0.05, 0) is 41.6 Å². The Bertz CT molecular complexity index is 394. The number of aryl methyl sites for hydroxylation is 1. The van der Waals surface area contributed by atoms with Crippen LogP contribution in [0.25, 0.3) is 0 Å². The van der Waals surface area contributed by atoms with Crippen LogP contribution in [-0.4, -0.2) is 29.2 Å². The highest BCUT2D eigenvalue weighted by atomic mass is 79.9. The minimum atomic E-state index is 0.417. The molecule has 1 aliphatic rings. The van der Waals surface area contributed by atoms with Gasteiger partial charge in [-0.15, -0.1) is 0 Å². The van der Waals surface area contributed by atoms with Crippen molar-refractivity contribution in [2.24, 2.45) is 5.92 Å². The average Bonchev–Trinajstić information content (AvgIpc) is 2.39. The number of nitrogens with one attached hydrogen (secondary N) is 1. The van der Waals surface area contributed by atoms with Gasteiger partial charge in [0.2, 0.25) is 0 Å². The molecule has 2 heterocycles. The number of halogens is 1. The van der Waals surface area contributed by atoms with Gasteiger partial charge in [0, 0.05) is 31.7 Å². The minimum Gasteiger partial charge on any atom is -0.381 e. The summed E-state index contributed by atoms with van der Waals surface area (Å²) in [5.41, 5.74) is 0. The maximum absolute atomic E-state index is 5.39. The van der Waals surface area contributed by atoms with E-state index in [-0.39, 0.29) is 0 Å². The van der Waals surface area contributed by atoms with Crippen molar-refractivity contribution in [1.82, 2.24) is 9.97 Å². The predicted octanol–water partition coefficient (Wildman–Crippen LogP) is 3.03. The van der Waals surface area contributed by atoms with E-state index in [1.54, 1.807) is 0 Å². The summed E-state index contributed by atoms with van der Waals surface area (Å²) in [6, 6.07) is 2.36. The Balaban J connectivity index is 2.01. The summed E-state index contributed by atoms with van der Waals surface area (Å²) in [7, 11) is 0. The van der Waals surface area contributed by atoms with Gasteiger partial charge in [-0.1, -0.05) is 6.92 Å². The molecule has 4 nitrogen and oxygen atoms in total. The summed E-state index contributed by atoms with van der Waals surface area (Å²) in [5.74, 6) is 2.44. The lowest BCUT2D eigenvalue weighted by molar-refractivity contribution is 0.0622. The summed E-state index contributed by atoms with van der Waals surface area (Å²) in [4.78, 5) is 8.82. The Hall–Kier alpha value is -0.680. The highest BCUT2D eigenvalue weighted by Gasteiger charge is 2.20. The first kappa shape index (κ1) is 13.7. The van der Waals surface area contributed by atoms with Crippen LogP contribution in [0.1, 0.15) is 32.5 Å². The van der Waals surface area contributed by atoms with E-state index in [1.165, 1.54) is 0 Å². The average molecular weight is 314 g/mol. The van der Waals surface area contributed by atoms with Crippen LogP contribution in [0.3, 0.4) is 0 Å². The molecule has 0 saturated carbocycles. The highest BCUT2D eigenvalue weighted by Crippen LogP contribution is 2.22. The van der Waals surface area contributed by atoms with Gasteiger partial charge in [0.25, 0.3) is 0 Å². The van der Waals surface area contributed by atoms with Gasteiger partial charge < -0.3 is 10.1 Å². The van der Waals surface area contributed by atoms with Crippen molar-refractivity contribution in [3.05, 3.63) is 16.5 Å². The molecule has 1 N–H and O–H groups in total. The van der Waals surface area contributed by atoms with E-state index in [2.05, 4.69) is 45.1 Å². The molecule has 1 aromatic heterocycles. The molecule has 0 amide bonds. The second-order valence-corrected chi connectivity index (χ2v) is 5.54. The Kier molecular flexibility index (Phi) is 4.95. The summed E-state index contributed by atoms with van der Waals surface area (Å²) >= 11 is 3.43.